The molecule has 3 atom stereocenters. The minimum atomic E-state index is -3.28. The van der Waals surface area contributed by atoms with E-state index in [1.807, 2.05) is 0 Å². The van der Waals surface area contributed by atoms with E-state index in [1.165, 1.54) is 7.05 Å². The van der Waals surface area contributed by atoms with Gasteiger partial charge in [0.15, 0.2) is 0 Å². The van der Waals surface area contributed by atoms with Gasteiger partial charge in [-0.05, 0) is 31.2 Å². The Morgan fingerprint density at radius 1 is 1.35 bits per heavy atom. The molecule has 1 amide bonds. The van der Waals surface area contributed by atoms with Gasteiger partial charge in [-0.15, -0.1) is 0 Å². The van der Waals surface area contributed by atoms with Crippen LogP contribution in [-0.2, 0) is 14.8 Å². The van der Waals surface area contributed by atoms with Gasteiger partial charge in [0.25, 0.3) is 0 Å². The average Bonchev–Trinajstić information content (AvgIpc) is 2.35. The van der Waals surface area contributed by atoms with E-state index in [1.54, 1.807) is 0 Å². The van der Waals surface area contributed by atoms with Crippen LogP contribution in [0.5, 0.6) is 0 Å². The molecule has 1 rings (SSSR count). The second-order valence-corrected chi connectivity index (χ2v) is 8.26. The van der Waals surface area contributed by atoms with Crippen molar-refractivity contribution in [2.75, 3.05) is 19.3 Å². The maximum Gasteiger partial charge on any atom is 0.223 e. The smallest absolute Gasteiger partial charge is 0.223 e. The van der Waals surface area contributed by atoms with Gasteiger partial charge in [0, 0.05) is 18.5 Å². The zero-order valence-corrected chi connectivity index (χ0v) is 13.6. The molecule has 0 aromatic carbocycles. The third kappa shape index (κ3) is 3.93. The van der Waals surface area contributed by atoms with Gasteiger partial charge >= 0.3 is 0 Å². The predicted molar refractivity (Wildman–Crippen MR) is 79.5 cm³/mol. The summed E-state index contributed by atoms with van der Waals surface area (Å²) in [6, 6.07) is 0.124. The summed E-state index contributed by atoms with van der Waals surface area (Å²) in [6.45, 7) is 6.33. The number of amides is 1. The Balaban J connectivity index is 2.59. The van der Waals surface area contributed by atoms with Crippen molar-refractivity contribution in [1.82, 2.24) is 10.0 Å². The highest BCUT2D eigenvalue weighted by atomic mass is 32.2. The number of carbonyl (C=O) groups is 1. The van der Waals surface area contributed by atoms with E-state index in [4.69, 9.17) is 5.73 Å². The molecule has 0 aromatic heterocycles. The molecule has 4 N–H and O–H groups in total. The lowest BCUT2D eigenvalue weighted by molar-refractivity contribution is -0.132. The van der Waals surface area contributed by atoms with E-state index in [9.17, 15) is 13.2 Å². The standard InChI is InChI=1S/C13H27N3O3S/c1-9-11(14)6-5-10(13(9,2)3)12(17)16-7-8-20(18,19)15-4/h9-11,15H,5-8,14H2,1-4H3,(H,16,17). The molecule has 0 saturated heterocycles. The predicted octanol–water partition coefficient (Wildman–Crippen LogP) is 0.0514. The van der Waals surface area contributed by atoms with Crippen molar-refractivity contribution >= 4 is 15.9 Å². The molecule has 20 heavy (non-hydrogen) atoms. The first kappa shape index (κ1) is 17.4. The summed E-state index contributed by atoms with van der Waals surface area (Å²) in [6.07, 6.45) is 1.58. The van der Waals surface area contributed by atoms with Crippen molar-refractivity contribution in [2.24, 2.45) is 23.0 Å². The number of carbonyl (C=O) groups excluding carboxylic acids is 1. The molecule has 0 bridgehead atoms. The van der Waals surface area contributed by atoms with Gasteiger partial charge in [0.05, 0.1) is 5.75 Å². The molecule has 0 aliphatic heterocycles. The summed E-state index contributed by atoms with van der Waals surface area (Å²) in [7, 11) is -1.91. The van der Waals surface area contributed by atoms with E-state index >= 15 is 0 Å². The van der Waals surface area contributed by atoms with Crippen molar-refractivity contribution in [3.63, 3.8) is 0 Å². The summed E-state index contributed by atoms with van der Waals surface area (Å²) in [5.41, 5.74) is 5.90. The third-order valence-electron chi connectivity index (χ3n) is 4.80. The SMILES string of the molecule is CNS(=O)(=O)CCNC(=O)C1CCC(N)C(C)C1(C)C. The molecule has 1 aliphatic rings. The molecule has 0 radical (unpaired) electrons. The first-order chi connectivity index (χ1) is 9.12. The van der Waals surface area contributed by atoms with Gasteiger partial charge in [0.2, 0.25) is 15.9 Å². The van der Waals surface area contributed by atoms with Crippen LogP contribution in [0.1, 0.15) is 33.6 Å². The fraction of sp³-hybridized carbons (Fsp3) is 0.923. The maximum absolute atomic E-state index is 12.3. The Bertz CT molecular complexity index is 448. The summed E-state index contributed by atoms with van der Waals surface area (Å²) in [5, 5.41) is 2.73. The van der Waals surface area contributed by atoms with Gasteiger partial charge in [-0.2, -0.15) is 0 Å². The van der Waals surface area contributed by atoms with Crippen molar-refractivity contribution < 1.29 is 13.2 Å². The van der Waals surface area contributed by atoms with Crippen LogP contribution in [0.2, 0.25) is 0 Å². The van der Waals surface area contributed by atoms with Crippen LogP contribution in [-0.4, -0.2) is 39.7 Å². The van der Waals surface area contributed by atoms with Crippen LogP contribution in [0, 0.1) is 17.3 Å². The molecular weight excluding hydrogens is 278 g/mol. The molecule has 0 spiro atoms. The molecule has 0 aromatic rings. The molecule has 1 aliphatic carbocycles. The second-order valence-electron chi connectivity index (χ2n) is 6.22. The van der Waals surface area contributed by atoms with Crippen LogP contribution < -0.4 is 15.8 Å². The molecule has 118 valence electrons. The van der Waals surface area contributed by atoms with Gasteiger partial charge in [-0.3, -0.25) is 4.79 Å². The Morgan fingerprint density at radius 3 is 2.50 bits per heavy atom. The fourth-order valence-electron chi connectivity index (χ4n) is 2.85. The van der Waals surface area contributed by atoms with Gasteiger partial charge in [-0.25, -0.2) is 13.1 Å². The van der Waals surface area contributed by atoms with E-state index in [0.29, 0.717) is 0 Å². The fourth-order valence-corrected chi connectivity index (χ4v) is 3.43. The summed E-state index contributed by atoms with van der Waals surface area (Å²) >= 11 is 0. The van der Waals surface area contributed by atoms with Gasteiger partial charge < -0.3 is 11.1 Å². The largest absolute Gasteiger partial charge is 0.355 e. The highest BCUT2D eigenvalue weighted by Gasteiger charge is 2.44. The third-order valence-corrected chi connectivity index (χ3v) is 6.16. The molecule has 1 saturated carbocycles. The van der Waals surface area contributed by atoms with Crippen molar-refractivity contribution in [1.29, 1.82) is 0 Å². The van der Waals surface area contributed by atoms with E-state index in [0.717, 1.165) is 12.8 Å². The molecule has 7 heteroatoms. The lowest BCUT2D eigenvalue weighted by Gasteiger charge is -2.46. The minimum absolute atomic E-state index is 0.0694. The van der Waals surface area contributed by atoms with Crippen LogP contribution in [0.4, 0.5) is 0 Å². The van der Waals surface area contributed by atoms with Crippen LogP contribution in [0.3, 0.4) is 0 Å². The van der Waals surface area contributed by atoms with Crippen LogP contribution >= 0.6 is 0 Å². The molecule has 6 nitrogen and oxygen atoms in total. The van der Waals surface area contributed by atoms with Crippen LogP contribution in [0.25, 0.3) is 0 Å². The summed E-state index contributed by atoms with van der Waals surface area (Å²) < 4.78 is 24.8. The normalized spacial score (nSPS) is 29.9. The number of nitrogens with two attached hydrogens (primary N) is 1. The second kappa shape index (κ2) is 6.41. The Kier molecular flexibility index (Phi) is 5.57. The maximum atomic E-state index is 12.3. The first-order valence-electron chi connectivity index (χ1n) is 7.06. The Hall–Kier alpha value is -0.660. The summed E-state index contributed by atoms with van der Waals surface area (Å²) in [4.78, 5) is 12.3. The van der Waals surface area contributed by atoms with Gasteiger partial charge in [0.1, 0.15) is 0 Å². The number of nitrogens with one attached hydrogen (secondary N) is 2. The highest BCUT2D eigenvalue weighted by molar-refractivity contribution is 7.89. The lowest BCUT2D eigenvalue weighted by atomic mass is 9.61. The zero-order valence-electron chi connectivity index (χ0n) is 12.8. The molecule has 1 fully saturated rings. The van der Waals surface area contributed by atoms with E-state index in [2.05, 4.69) is 30.8 Å². The number of sulfonamides is 1. The number of hydrogen-bond donors (Lipinski definition) is 3. The Labute approximate surface area is 121 Å². The minimum Gasteiger partial charge on any atom is -0.355 e. The zero-order chi connectivity index (χ0) is 15.6. The first-order valence-corrected chi connectivity index (χ1v) is 8.71. The van der Waals surface area contributed by atoms with Crippen molar-refractivity contribution in [3.05, 3.63) is 0 Å². The quantitative estimate of drug-likeness (QED) is 0.668. The van der Waals surface area contributed by atoms with Crippen molar-refractivity contribution in [3.8, 4) is 0 Å². The van der Waals surface area contributed by atoms with Crippen LogP contribution in [0.15, 0.2) is 0 Å². The molecule has 0 heterocycles. The van der Waals surface area contributed by atoms with Gasteiger partial charge in [-0.1, -0.05) is 20.8 Å². The lowest BCUT2D eigenvalue weighted by Crippen LogP contribution is -2.52. The topological polar surface area (TPSA) is 101 Å². The molecule has 3 unspecified atom stereocenters. The van der Waals surface area contributed by atoms with E-state index < -0.39 is 10.0 Å². The Morgan fingerprint density at radius 2 is 1.95 bits per heavy atom. The van der Waals surface area contributed by atoms with Crippen molar-refractivity contribution in [2.45, 2.75) is 39.7 Å². The molecular formula is C13H27N3O3S. The number of rotatable bonds is 5. The highest BCUT2D eigenvalue weighted by Crippen LogP contribution is 2.44. The summed E-state index contributed by atoms with van der Waals surface area (Å²) in [5.74, 6) is -0.0278. The monoisotopic (exact) mass is 305 g/mol. The number of hydrogen-bond acceptors (Lipinski definition) is 4. The van der Waals surface area contributed by atoms with E-state index in [-0.39, 0.29) is 41.5 Å². The average molecular weight is 305 g/mol.